The fourth-order valence-corrected chi connectivity index (χ4v) is 2.13. The van der Waals surface area contributed by atoms with Crippen LogP contribution in [0.15, 0.2) is 40.8 Å². The van der Waals surface area contributed by atoms with Crippen LogP contribution in [0.5, 0.6) is 11.6 Å². The largest absolute Gasteiger partial charge is 0.495 e. The number of nitrogens with zero attached hydrogens (tertiary/aromatic N) is 1. The summed E-state index contributed by atoms with van der Waals surface area (Å²) in [7, 11) is 3.15. The van der Waals surface area contributed by atoms with E-state index in [4.69, 9.17) is 9.47 Å². The highest BCUT2D eigenvalue weighted by atomic mass is 16.5. The lowest BCUT2D eigenvalue weighted by atomic mass is 10.1. The number of hydrogen-bond donors (Lipinski definition) is 1. The molecule has 0 aliphatic heterocycles. The molecule has 0 aromatic carbocycles. The Hall–Kier alpha value is -2.82. The summed E-state index contributed by atoms with van der Waals surface area (Å²) in [5.41, 5.74) is 3.16. The van der Waals surface area contributed by atoms with E-state index in [1.165, 1.54) is 0 Å². The number of pyridine rings is 2. The fourth-order valence-electron chi connectivity index (χ4n) is 2.13. The Kier molecular flexibility index (Phi) is 5.95. The number of nitrogens with one attached hydrogen (secondary N) is 1. The molecule has 126 valence electrons. The number of aromatic nitrogens is 2. The molecule has 2 heterocycles. The van der Waals surface area contributed by atoms with Gasteiger partial charge in [-0.3, -0.25) is 9.78 Å². The van der Waals surface area contributed by atoms with E-state index in [1.807, 2.05) is 38.1 Å². The van der Waals surface area contributed by atoms with Crippen molar-refractivity contribution in [3.63, 3.8) is 0 Å². The number of aromatic amines is 1. The van der Waals surface area contributed by atoms with Crippen molar-refractivity contribution in [2.45, 2.75) is 20.3 Å². The zero-order valence-electron chi connectivity index (χ0n) is 14.4. The molecule has 0 saturated carbocycles. The molecule has 0 aliphatic rings. The van der Waals surface area contributed by atoms with Crippen molar-refractivity contribution in [1.82, 2.24) is 9.97 Å². The molecular formula is C19H22N2O3. The first-order valence-corrected chi connectivity index (χ1v) is 7.65. The number of methoxy groups -OCH3 is 2. The lowest BCUT2D eigenvalue weighted by Gasteiger charge is -2.07. The molecular weight excluding hydrogens is 304 g/mol. The minimum Gasteiger partial charge on any atom is -0.495 e. The maximum atomic E-state index is 12.3. The van der Waals surface area contributed by atoms with Crippen LogP contribution in [-0.2, 0) is 6.42 Å². The van der Waals surface area contributed by atoms with E-state index >= 15 is 0 Å². The maximum absolute atomic E-state index is 12.3. The summed E-state index contributed by atoms with van der Waals surface area (Å²) in [4.78, 5) is 19.7. The zero-order chi connectivity index (χ0) is 17.5. The molecule has 2 rings (SSSR count). The Morgan fingerprint density at radius 2 is 2.00 bits per heavy atom. The van der Waals surface area contributed by atoms with Crippen LogP contribution in [0, 0.1) is 0 Å². The van der Waals surface area contributed by atoms with Gasteiger partial charge in [-0.2, -0.15) is 0 Å². The molecule has 0 amide bonds. The van der Waals surface area contributed by atoms with Gasteiger partial charge in [0.15, 0.2) is 11.3 Å². The summed E-state index contributed by atoms with van der Waals surface area (Å²) in [6.45, 7) is 4.00. The number of allylic oxidation sites excluding steroid dienone is 2. The van der Waals surface area contributed by atoms with E-state index in [9.17, 15) is 4.79 Å². The van der Waals surface area contributed by atoms with Gasteiger partial charge in [-0.1, -0.05) is 11.6 Å². The Morgan fingerprint density at radius 1 is 1.21 bits per heavy atom. The summed E-state index contributed by atoms with van der Waals surface area (Å²) in [6.07, 6.45) is 7.81. The molecule has 1 N–H and O–H groups in total. The number of H-pyrrole nitrogens is 1. The summed E-state index contributed by atoms with van der Waals surface area (Å²) in [6, 6.07) is 5.24. The average Bonchev–Trinajstić information content (AvgIpc) is 2.58. The third-order valence-electron chi connectivity index (χ3n) is 3.46. The molecule has 0 unspecified atom stereocenters. The van der Waals surface area contributed by atoms with Crippen molar-refractivity contribution in [1.29, 1.82) is 0 Å². The van der Waals surface area contributed by atoms with Gasteiger partial charge in [0, 0.05) is 11.8 Å². The Bertz CT molecular complexity index is 798. The Balaban J connectivity index is 2.27. The molecule has 5 heteroatoms. The quantitative estimate of drug-likeness (QED) is 0.826. The lowest BCUT2D eigenvalue weighted by molar-refractivity contribution is 0.392. The minimum absolute atomic E-state index is 0.0505. The summed E-state index contributed by atoms with van der Waals surface area (Å²) < 4.78 is 10.4. The maximum Gasteiger partial charge on any atom is 0.198 e. The Morgan fingerprint density at radius 3 is 2.58 bits per heavy atom. The van der Waals surface area contributed by atoms with Gasteiger partial charge in [-0.25, -0.2) is 0 Å². The second-order valence-corrected chi connectivity index (χ2v) is 5.54. The second kappa shape index (κ2) is 8.15. The van der Waals surface area contributed by atoms with Gasteiger partial charge in [-0.05, 0) is 44.6 Å². The zero-order valence-corrected chi connectivity index (χ0v) is 14.4. The van der Waals surface area contributed by atoms with Crippen LogP contribution in [0.2, 0.25) is 0 Å². The van der Waals surface area contributed by atoms with Crippen molar-refractivity contribution in [3.8, 4) is 11.6 Å². The second-order valence-electron chi connectivity index (χ2n) is 5.54. The third-order valence-corrected chi connectivity index (χ3v) is 3.46. The smallest absolute Gasteiger partial charge is 0.198 e. The van der Waals surface area contributed by atoms with E-state index in [0.29, 0.717) is 29.3 Å². The highest BCUT2D eigenvalue weighted by Gasteiger charge is 2.08. The first kappa shape index (κ1) is 17.5. The summed E-state index contributed by atoms with van der Waals surface area (Å²) in [5.74, 6) is 1.19. The van der Waals surface area contributed by atoms with Crippen LogP contribution in [0.3, 0.4) is 0 Å². The normalized spacial score (nSPS) is 10.7. The first-order valence-electron chi connectivity index (χ1n) is 7.65. The van der Waals surface area contributed by atoms with Crippen LogP contribution in [-0.4, -0.2) is 24.2 Å². The van der Waals surface area contributed by atoms with Gasteiger partial charge in [0.2, 0.25) is 0 Å². The van der Waals surface area contributed by atoms with Crippen LogP contribution in [0.1, 0.15) is 30.8 Å². The van der Waals surface area contributed by atoms with Gasteiger partial charge in [0.05, 0.1) is 31.7 Å². The van der Waals surface area contributed by atoms with Crippen molar-refractivity contribution < 1.29 is 9.47 Å². The molecule has 0 saturated heterocycles. The third kappa shape index (κ3) is 4.59. The predicted molar refractivity (Wildman–Crippen MR) is 96.5 cm³/mol. The van der Waals surface area contributed by atoms with Gasteiger partial charge in [-0.15, -0.1) is 0 Å². The average molecular weight is 326 g/mol. The molecule has 0 spiro atoms. The standard InChI is InChI=1S/C19H22N2O3/c1-13(2)5-10-17-18(22)11-15(21-19(17)24-4)7-6-14-8-9-16(23-3)12-20-14/h5-9,11-12H,10H2,1-4H3,(H,21,22)/b7-6+. The molecule has 0 bridgehead atoms. The summed E-state index contributed by atoms with van der Waals surface area (Å²) in [5, 5.41) is 0. The topological polar surface area (TPSA) is 64.2 Å². The highest BCUT2D eigenvalue weighted by Crippen LogP contribution is 2.15. The summed E-state index contributed by atoms with van der Waals surface area (Å²) >= 11 is 0. The molecule has 0 aliphatic carbocycles. The predicted octanol–water partition coefficient (Wildman–Crippen LogP) is 3.47. The molecule has 0 fully saturated rings. The van der Waals surface area contributed by atoms with Crippen LogP contribution in [0.4, 0.5) is 0 Å². The lowest BCUT2D eigenvalue weighted by Crippen LogP contribution is -2.12. The SMILES string of the molecule is COc1ccc(/C=C/c2cc(=O)c(CC=C(C)C)c(OC)[nH]2)nc1. The molecule has 5 nitrogen and oxygen atoms in total. The van der Waals surface area contributed by atoms with Gasteiger partial charge >= 0.3 is 0 Å². The molecule has 0 atom stereocenters. The minimum atomic E-state index is -0.0505. The molecule has 2 aromatic rings. The van der Waals surface area contributed by atoms with E-state index < -0.39 is 0 Å². The van der Waals surface area contributed by atoms with E-state index in [0.717, 1.165) is 11.3 Å². The first-order chi connectivity index (χ1) is 11.5. The van der Waals surface area contributed by atoms with Crippen molar-refractivity contribution in [3.05, 3.63) is 63.2 Å². The molecule has 24 heavy (non-hydrogen) atoms. The monoisotopic (exact) mass is 326 g/mol. The van der Waals surface area contributed by atoms with E-state index in [-0.39, 0.29) is 5.43 Å². The fraction of sp³-hybridized carbons (Fsp3) is 0.263. The van der Waals surface area contributed by atoms with Gasteiger partial charge < -0.3 is 14.5 Å². The van der Waals surface area contributed by atoms with E-state index in [1.54, 1.807) is 32.6 Å². The number of hydrogen-bond acceptors (Lipinski definition) is 4. The highest BCUT2D eigenvalue weighted by molar-refractivity contribution is 5.66. The number of ether oxygens (including phenoxy) is 2. The van der Waals surface area contributed by atoms with Crippen molar-refractivity contribution >= 4 is 12.2 Å². The Labute approximate surface area is 141 Å². The van der Waals surface area contributed by atoms with E-state index in [2.05, 4.69) is 9.97 Å². The van der Waals surface area contributed by atoms with Crippen LogP contribution in [0.25, 0.3) is 12.2 Å². The number of rotatable bonds is 6. The van der Waals surface area contributed by atoms with Crippen molar-refractivity contribution in [2.24, 2.45) is 0 Å². The molecule has 2 aromatic heterocycles. The molecule has 0 radical (unpaired) electrons. The van der Waals surface area contributed by atoms with Crippen LogP contribution >= 0.6 is 0 Å². The van der Waals surface area contributed by atoms with Crippen LogP contribution < -0.4 is 14.9 Å². The van der Waals surface area contributed by atoms with Gasteiger partial charge in [0.1, 0.15) is 5.75 Å². The van der Waals surface area contributed by atoms with Gasteiger partial charge in [0.25, 0.3) is 0 Å². The van der Waals surface area contributed by atoms with Crippen molar-refractivity contribution in [2.75, 3.05) is 14.2 Å².